The Bertz CT molecular complexity index is 851. The number of nitrogens with one attached hydrogen (secondary N) is 1. The fourth-order valence-corrected chi connectivity index (χ4v) is 3.90. The third kappa shape index (κ3) is 6.52. The average molecular weight is 447 g/mol. The van der Waals surface area contributed by atoms with Crippen molar-refractivity contribution in [3.05, 3.63) is 53.1 Å². The molecule has 1 unspecified atom stereocenters. The molecule has 0 radical (unpaired) electrons. The van der Waals surface area contributed by atoms with E-state index in [1.807, 2.05) is 49.4 Å². The van der Waals surface area contributed by atoms with Gasteiger partial charge in [0.1, 0.15) is 12.4 Å². The molecule has 1 aliphatic heterocycles. The monoisotopic (exact) mass is 446 g/mol. The van der Waals surface area contributed by atoms with E-state index in [2.05, 4.69) is 10.2 Å². The van der Waals surface area contributed by atoms with Crippen LogP contribution in [-0.4, -0.2) is 51.3 Å². The molecule has 3 rings (SSSR count). The Morgan fingerprint density at radius 2 is 1.77 bits per heavy atom. The van der Waals surface area contributed by atoms with Crippen molar-refractivity contribution in [3.63, 3.8) is 0 Å². The molecule has 1 amide bonds. The van der Waals surface area contributed by atoms with Crippen molar-refractivity contribution in [2.75, 3.05) is 40.5 Å². The second-order valence-electron chi connectivity index (χ2n) is 7.76. The molecule has 1 fully saturated rings. The summed E-state index contributed by atoms with van der Waals surface area (Å²) >= 11 is 5.89. The van der Waals surface area contributed by atoms with Crippen LogP contribution in [0.1, 0.15) is 31.4 Å². The van der Waals surface area contributed by atoms with Crippen molar-refractivity contribution >= 4 is 17.5 Å². The van der Waals surface area contributed by atoms with Crippen LogP contribution in [0.2, 0.25) is 5.02 Å². The number of benzene rings is 2. The fraction of sp³-hybridized carbons (Fsp3) is 0.458. The number of rotatable bonds is 9. The second-order valence-corrected chi connectivity index (χ2v) is 8.20. The van der Waals surface area contributed by atoms with Crippen LogP contribution in [0.15, 0.2) is 42.5 Å². The molecule has 0 bridgehead atoms. The third-order valence-electron chi connectivity index (χ3n) is 5.71. The van der Waals surface area contributed by atoms with E-state index in [9.17, 15) is 4.79 Å². The lowest BCUT2D eigenvalue weighted by Gasteiger charge is -2.31. The predicted molar refractivity (Wildman–Crippen MR) is 122 cm³/mol. The molecule has 2 aromatic rings. The first-order chi connectivity index (χ1) is 15.0. The molecule has 0 saturated carbocycles. The van der Waals surface area contributed by atoms with Crippen LogP contribution in [0.3, 0.4) is 0 Å². The summed E-state index contributed by atoms with van der Waals surface area (Å²) in [5.74, 6) is 2.31. The Hall–Kier alpha value is -2.44. The summed E-state index contributed by atoms with van der Waals surface area (Å²) in [6, 6.07) is 13.0. The lowest BCUT2D eigenvalue weighted by molar-refractivity contribution is -0.127. The second kappa shape index (κ2) is 11.3. The standard InChI is InChI=1S/C24H31ClN2O4/c1-17(19-4-9-22(29-2)23(16-19)30-3)26-24(28)18-10-12-27(13-11-18)14-15-31-21-7-5-20(25)6-8-21/h4-9,16-18H,10-15H2,1-3H3,(H,26,28). The first kappa shape index (κ1) is 23.2. The quantitative estimate of drug-likeness (QED) is 0.621. The molecule has 1 aliphatic rings. The van der Waals surface area contributed by atoms with Crippen molar-refractivity contribution in [2.24, 2.45) is 5.92 Å². The van der Waals surface area contributed by atoms with E-state index in [4.69, 9.17) is 25.8 Å². The molecular formula is C24H31ClN2O4. The Morgan fingerprint density at radius 3 is 2.42 bits per heavy atom. The molecule has 1 heterocycles. The molecule has 0 spiro atoms. The summed E-state index contributed by atoms with van der Waals surface area (Å²) < 4.78 is 16.4. The molecule has 0 aliphatic carbocycles. The normalized spacial score (nSPS) is 15.9. The number of hydrogen-bond acceptors (Lipinski definition) is 5. The fourth-order valence-electron chi connectivity index (χ4n) is 3.78. The van der Waals surface area contributed by atoms with Gasteiger partial charge in [-0.05, 0) is 74.8 Å². The molecule has 1 atom stereocenters. The maximum Gasteiger partial charge on any atom is 0.223 e. The average Bonchev–Trinajstić information content (AvgIpc) is 2.80. The summed E-state index contributed by atoms with van der Waals surface area (Å²) in [5, 5.41) is 3.85. The van der Waals surface area contributed by atoms with Crippen molar-refractivity contribution in [1.82, 2.24) is 10.2 Å². The van der Waals surface area contributed by atoms with Gasteiger partial charge in [0.2, 0.25) is 5.91 Å². The molecule has 2 aromatic carbocycles. The van der Waals surface area contributed by atoms with Gasteiger partial charge in [-0.2, -0.15) is 0 Å². The Morgan fingerprint density at radius 1 is 1.10 bits per heavy atom. The number of hydrogen-bond donors (Lipinski definition) is 1. The number of likely N-dealkylation sites (tertiary alicyclic amines) is 1. The summed E-state index contributed by atoms with van der Waals surface area (Å²) in [7, 11) is 3.22. The SMILES string of the molecule is COc1ccc(C(C)NC(=O)C2CCN(CCOc3ccc(Cl)cc3)CC2)cc1OC. The van der Waals surface area contributed by atoms with Gasteiger partial charge in [-0.3, -0.25) is 9.69 Å². The smallest absolute Gasteiger partial charge is 0.223 e. The molecule has 1 N–H and O–H groups in total. The highest BCUT2D eigenvalue weighted by atomic mass is 35.5. The number of carbonyl (C=O) groups is 1. The first-order valence-corrected chi connectivity index (χ1v) is 11.0. The number of piperidine rings is 1. The Labute approximate surface area is 189 Å². The largest absolute Gasteiger partial charge is 0.493 e. The van der Waals surface area contributed by atoms with Crippen molar-refractivity contribution < 1.29 is 19.0 Å². The highest BCUT2D eigenvalue weighted by molar-refractivity contribution is 6.30. The van der Waals surface area contributed by atoms with E-state index in [0.717, 1.165) is 43.8 Å². The number of halogens is 1. The van der Waals surface area contributed by atoms with Crippen molar-refractivity contribution in [1.29, 1.82) is 0 Å². The minimum absolute atomic E-state index is 0.0380. The molecule has 7 heteroatoms. The highest BCUT2D eigenvalue weighted by Crippen LogP contribution is 2.30. The van der Waals surface area contributed by atoms with Gasteiger partial charge in [0, 0.05) is 17.5 Å². The van der Waals surface area contributed by atoms with Crippen LogP contribution in [0.25, 0.3) is 0 Å². The van der Waals surface area contributed by atoms with E-state index in [1.54, 1.807) is 14.2 Å². The van der Waals surface area contributed by atoms with Gasteiger partial charge in [0.25, 0.3) is 0 Å². The highest BCUT2D eigenvalue weighted by Gasteiger charge is 2.26. The zero-order chi connectivity index (χ0) is 22.2. The summed E-state index contributed by atoms with van der Waals surface area (Å²) in [4.78, 5) is 15.1. The number of carbonyl (C=O) groups excluding carboxylic acids is 1. The van der Waals surface area contributed by atoms with Crippen LogP contribution >= 0.6 is 11.6 Å². The number of nitrogens with zero attached hydrogens (tertiary/aromatic N) is 1. The van der Waals surface area contributed by atoms with Crippen LogP contribution in [0.5, 0.6) is 17.2 Å². The lowest BCUT2D eigenvalue weighted by Crippen LogP contribution is -2.42. The van der Waals surface area contributed by atoms with Gasteiger partial charge >= 0.3 is 0 Å². The van der Waals surface area contributed by atoms with Gasteiger partial charge in [-0.1, -0.05) is 17.7 Å². The Kier molecular flexibility index (Phi) is 8.43. The van der Waals surface area contributed by atoms with Crippen LogP contribution in [0.4, 0.5) is 0 Å². The molecule has 1 saturated heterocycles. The summed E-state index contributed by atoms with van der Waals surface area (Å²) in [6.07, 6.45) is 1.71. The molecular weight excluding hydrogens is 416 g/mol. The summed E-state index contributed by atoms with van der Waals surface area (Å²) in [6.45, 7) is 5.25. The first-order valence-electron chi connectivity index (χ1n) is 10.6. The minimum Gasteiger partial charge on any atom is -0.493 e. The van der Waals surface area contributed by atoms with Crippen LogP contribution in [0, 0.1) is 5.92 Å². The van der Waals surface area contributed by atoms with Crippen molar-refractivity contribution in [3.8, 4) is 17.2 Å². The van der Waals surface area contributed by atoms with E-state index in [0.29, 0.717) is 23.1 Å². The van der Waals surface area contributed by atoms with Crippen LogP contribution in [-0.2, 0) is 4.79 Å². The molecule has 31 heavy (non-hydrogen) atoms. The Balaban J connectivity index is 1.42. The zero-order valence-corrected chi connectivity index (χ0v) is 19.2. The molecule has 6 nitrogen and oxygen atoms in total. The van der Waals surface area contributed by atoms with Gasteiger partial charge in [0.15, 0.2) is 11.5 Å². The molecule has 168 valence electrons. The maximum atomic E-state index is 12.8. The lowest BCUT2D eigenvalue weighted by atomic mass is 9.95. The molecule has 0 aromatic heterocycles. The topological polar surface area (TPSA) is 60.0 Å². The minimum atomic E-state index is -0.0990. The van der Waals surface area contributed by atoms with Crippen molar-refractivity contribution in [2.45, 2.75) is 25.8 Å². The van der Waals surface area contributed by atoms with E-state index in [-0.39, 0.29) is 17.9 Å². The zero-order valence-electron chi connectivity index (χ0n) is 18.4. The third-order valence-corrected chi connectivity index (χ3v) is 5.97. The van der Waals surface area contributed by atoms with E-state index < -0.39 is 0 Å². The number of ether oxygens (including phenoxy) is 3. The van der Waals surface area contributed by atoms with Gasteiger partial charge < -0.3 is 19.5 Å². The van der Waals surface area contributed by atoms with E-state index >= 15 is 0 Å². The number of amides is 1. The van der Waals surface area contributed by atoms with Gasteiger partial charge in [-0.15, -0.1) is 0 Å². The maximum absolute atomic E-state index is 12.8. The van der Waals surface area contributed by atoms with E-state index in [1.165, 1.54) is 0 Å². The van der Waals surface area contributed by atoms with Crippen LogP contribution < -0.4 is 19.5 Å². The van der Waals surface area contributed by atoms with Gasteiger partial charge in [-0.25, -0.2) is 0 Å². The predicted octanol–water partition coefficient (Wildman–Crippen LogP) is 4.33. The summed E-state index contributed by atoms with van der Waals surface area (Å²) in [5.41, 5.74) is 0.989. The number of methoxy groups -OCH3 is 2. The van der Waals surface area contributed by atoms with Gasteiger partial charge in [0.05, 0.1) is 20.3 Å².